The number of para-hydroxylation sites is 1. The third-order valence-corrected chi connectivity index (χ3v) is 4.74. The van der Waals surface area contributed by atoms with Gasteiger partial charge >= 0.3 is 5.97 Å². The maximum absolute atomic E-state index is 11.4. The average Bonchev–Trinajstić information content (AvgIpc) is 2.91. The fourth-order valence-corrected chi connectivity index (χ4v) is 3.40. The van der Waals surface area contributed by atoms with Gasteiger partial charge in [0.2, 0.25) is 0 Å². The summed E-state index contributed by atoms with van der Waals surface area (Å²) in [6, 6.07) is 5.16. The molecule has 5 heteroatoms. The van der Waals surface area contributed by atoms with Crippen LogP contribution in [0.25, 0.3) is 11.0 Å². The Bertz CT molecular complexity index is 642. The minimum atomic E-state index is -0.918. The topological polar surface area (TPSA) is 68.0 Å². The van der Waals surface area contributed by atoms with Crippen LogP contribution in [0.4, 0.5) is 0 Å². The van der Waals surface area contributed by atoms with Crippen LogP contribution in [0.15, 0.2) is 18.2 Å². The molecule has 0 radical (unpaired) electrons. The molecule has 1 saturated carbocycles. The Kier molecular flexibility index (Phi) is 3.90. The highest BCUT2D eigenvalue weighted by Crippen LogP contribution is 2.32. The van der Waals surface area contributed by atoms with E-state index in [-0.39, 0.29) is 0 Å². The number of rotatable bonds is 4. The zero-order valence-electron chi connectivity index (χ0n) is 12.3. The van der Waals surface area contributed by atoms with Gasteiger partial charge in [-0.25, -0.2) is 9.48 Å². The lowest BCUT2D eigenvalue weighted by Gasteiger charge is -2.27. The van der Waals surface area contributed by atoms with E-state index in [1.165, 1.54) is 32.1 Å². The van der Waals surface area contributed by atoms with E-state index >= 15 is 0 Å². The molecule has 1 N–H and O–H groups in total. The van der Waals surface area contributed by atoms with E-state index < -0.39 is 5.97 Å². The second-order valence-electron chi connectivity index (χ2n) is 6.05. The van der Waals surface area contributed by atoms with Crippen molar-refractivity contribution in [2.24, 2.45) is 11.8 Å². The summed E-state index contributed by atoms with van der Waals surface area (Å²) in [6.45, 7) is 3.03. The molecule has 1 aliphatic carbocycles. The molecule has 0 spiro atoms. The molecule has 3 rings (SSSR count). The van der Waals surface area contributed by atoms with Crippen molar-refractivity contribution in [1.29, 1.82) is 0 Å². The number of hydrogen-bond donors (Lipinski definition) is 1. The van der Waals surface area contributed by atoms with Crippen LogP contribution in [0.1, 0.15) is 49.4 Å². The predicted octanol–water partition coefficient (Wildman–Crippen LogP) is 3.35. The molecule has 1 aliphatic rings. The number of carbonyl (C=O) groups is 1. The van der Waals surface area contributed by atoms with E-state index in [4.69, 9.17) is 0 Å². The standard InChI is InChI=1S/C16H21N3O2/c1-2-11-6-8-12(9-7-11)10-19-15-13(16(20)21)4-3-5-14(15)17-18-19/h3-5,11-12H,2,6-10H2,1H3,(H,20,21). The van der Waals surface area contributed by atoms with Crippen LogP contribution in [0.3, 0.4) is 0 Å². The lowest BCUT2D eigenvalue weighted by molar-refractivity contribution is 0.0698. The van der Waals surface area contributed by atoms with Crippen molar-refractivity contribution in [3.05, 3.63) is 23.8 Å². The fraction of sp³-hybridized carbons (Fsp3) is 0.562. The molecule has 1 heterocycles. The molecule has 21 heavy (non-hydrogen) atoms. The highest BCUT2D eigenvalue weighted by atomic mass is 16.4. The summed E-state index contributed by atoms with van der Waals surface area (Å²) in [6.07, 6.45) is 6.23. The van der Waals surface area contributed by atoms with Crippen molar-refractivity contribution in [3.8, 4) is 0 Å². The summed E-state index contributed by atoms with van der Waals surface area (Å²) >= 11 is 0. The van der Waals surface area contributed by atoms with Crippen LogP contribution in [-0.4, -0.2) is 26.1 Å². The first-order valence-electron chi connectivity index (χ1n) is 7.74. The molecule has 0 aliphatic heterocycles. The molecule has 5 nitrogen and oxygen atoms in total. The molecule has 1 aromatic heterocycles. The lowest BCUT2D eigenvalue weighted by Crippen LogP contribution is -2.19. The van der Waals surface area contributed by atoms with Crippen molar-refractivity contribution in [2.45, 2.75) is 45.6 Å². The minimum absolute atomic E-state index is 0.291. The Morgan fingerprint density at radius 2 is 2.00 bits per heavy atom. The van der Waals surface area contributed by atoms with Gasteiger partial charge in [-0.1, -0.05) is 37.5 Å². The van der Waals surface area contributed by atoms with Gasteiger partial charge in [0.15, 0.2) is 0 Å². The Morgan fingerprint density at radius 3 is 2.67 bits per heavy atom. The van der Waals surface area contributed by atoms with E-state index in [2.05, 4.69) is 17.2 Å². The number of benzene rings is 1. The minimum Gasteiger partial charge on any atom is -0.478 e. The van der Waals surface area contributed by atoms with Crippen molar-refractivity contribution in [3.63, 3.8) is 0 Å². The highest BCUT2D eigenvalue weighted by Gasteiger charge is 2.22. The maximum atomic E-state index is 11.4. The Labute approximate surface area is 124 Å². The smallest absolute Gasteiger partial charge is 0.337 e. The van der Waals surface area contributed by atoms with Crippen LogP contribution >= 0.6 is 0 Å². The molecule has 0 saturated heterocycles. The molecule has 0 unspecified atom stereocenters. The Balaban J connectivity index is 1.83. The SMILES string of the molecule is CCC1CCC(Cn2nnc3cccc(C(=O)O)c32)CC1. The largest absolute Gasteiger partial charge is 0.478 e. The molecule has 112 valence electrons. The Hall–Kier alpha value is -1.91. The highest BCUT2D eigenvalue weighted by molar-refractivity contribution is 6.00. The maximum Gasteiger partial charge on any atom is 0.337 e. The number of aromatic carboxylic acids is 1. The van der Waals surface area contributed by atoms with Gasteiger partial charge in [-0.15, -0.1) is 5.10 Å². The summed E-state index contributed by atoms with van der Waals surface area (Å²) in [5.41, 5.74) is 1.61. The molecule has 0 amide bonds. The monoisotopic (exact) mass is 287 g/mol. The van der Waals surface area contributed by atoms with E-state index in [0.717, 1.165) is 12.5 Å². The molecular weight excluding hydrogens is 266 g/mol. The van der Waals surface area contributed by atoms with Gasteiger partial charge in [0.05, 0.1) is 5.56 Å². The third-order valence-electron chi connectivity index (χ3n) is 4.74. The molecule has 1 fully saturated rings. The van der Waals surface area contributed by atoms with Crippen molar-refractivity contribution < 1.29 is 9.90 Å². The number of fused-ring (bicyclic) bond motifs is 1. The molecule has 0 atom stereocenters. The molecular formula is C16H21N3O2. The van der Waals surface area contributed by atoms with E-state index in [1.807, 2.05) is 6.07 Å². The van der Waals surface area contributed by atoms with E-state index in [9.17, 15) is 9.90 Å². The second-order valence-corrected chi connectivity index (χ2v) is 6.05. The fourth-order valence-electron chi connectivity index (χ4n) is 3.40. The normalized spacial score (nSPS) is 22.5. The predicted molar refractivity (Wildman–Crippen MR) is 80.2 cm³/mol. The van der Waals surface area contributed by atoms with Gasteiger partial charge < -0.3 is 5.11 Å². The Morgan fingerprint density at radius 1 is 1.29 bits per heavy atom. The number of carboxylic acid groups (broad SMARTS) is 1. The second kappa shape index (κ2) is 5.84. The van der Waals surface area contributed by atoms with Crippen molar-refractivity contribution in [1.82, 2.24) is 15.0 Å². The first-order chi connectivity index (χ1) is 10.2. The van der Waals surface area contributed by atoms with Gasteiger partial charge in [0.1, 0.15) is 11.0 Å². The summed E-state index contributed by atoms with van der Waals surface area (Å²) < 4.78 is 1.79. The quantitative estimate of drug-likeness (QED) is 0.936. The van der Waals surface area contributed by atoms with Gasteiger partial charge in [0.25, 0.3) is 0 Å². The molecule has 0 bridgehead atoms. The summed E-state index contributed by atoms with van der Waals surface area (Å²) in [5.74, 6) is 0.529. The molecule has 1 aromatic carbocycles. The first kappa shape index (κ1) is 14.0. The van der Waals surface area contributed by atoms with E-state index in [0.29, 0.717) is 22.5 Å². The van der Waals surface area contributed by atoms with Gasteiger partial charge in [0, 0.05) is 6.54 Å². The van der Waals surface area contributed by atoms with Crippen molar-refractivity contribution in [2.75, 3.05) is 0 Å². The zero-order chi connectivity index (χ0) is 14.8. The van der Waals surface area contributed by atoms with Crippen LogP contribution in [0, 0.1) is 11.8 Å². The number of carboxylic acids is 1. The third kappa shape index (κ3) is 2.77. The lowest BCUT2D eigenvalue weighted by atomic mass is 9.81. The van der Waals surface area contributed by atoms with Crippen LogP contribution < -0.4 is 0 Å². The van der Waals surface area contributed by atoms with E-state index in [1.54, 1.807) is 16.8 Å². The number of nitrogens with zero attached hydrogens (tertiary/aromatic N) is 3. The summed E-state index contributed by atoms with van der Waals surface area (Å²) in [5, 5.41) is 17.6. The van der Waals surface area contributed by atoms with Crippen LogP contribution in [0.2, 0.25) is 0 Å². The number of aromatic nitrogens is 3. The van der Waals surface area contributed by atoms with Gasteiger partial charge in [-0.05, 0) is 36.8 Å². The van der Waals surface area contributed by atoms with Gasteiger partial charge in [-0.2, -0.15) is 0 Å². The average molecular weight is 287 g/mol. The number of hydrogen-bond acceptors (Lipinski definition) is 3. The zero-order valence-corrected chi connectivity index (χ0v) is 12.3. The molecule has 2 aromatic rings. The summed E-state index contributed by atoms with van der Waals surface area (Å²) in [7, 11) is 0. The van der Waals surface area contributed by atoms with Gasteiger partial charge in [-0.3, -0.25) is 0 Å². The summed E-state index contributed by atoms with van der Waals surface area (Å²) in [4.78, 5) is 11.4. The van der Waals surface area contributed by atoms with Crippen molar-refractivity contribution >= 4 is 17.0 Å². The van der Waals surface area contributed by atoms with Crippen LogP contribution in [-0.2, 0) is 6.54 Å². The first-order valence-corrected chi connectivity index (χ1v) is 7.74. The van der Waals surface area contributed by atoms with Crippen LogP contribution in [0.5, 0.6) is 0 Å².